The maximum atomic E-state index is 13.8. The first-order valence-corrected chi connectivity index (χ1v) is 6.13. The molecule has 1 heterocycles. The fourth-order valence-electron chi connectivity index (χ4n) is 2.47. The van der Waals surface area contributed by atoms with Crippen molar-refractivity contribution in [2.24, 2.45) is 5.41 Å². The summed E-state index contributed by atoms with van der Waals surface area (Å²) in [4.78, 5) is 0. The van der Waals surface area contributed by atoms with E-state index in [0.29, 0.717) is 18.4 Å². The van der Waals surface area contributed by atoms with Gasteiger partial charge in [0.15, 0.2) is 0 Å². The molecule has 0 aliphatic carbocycles. The minimum Gasteiger partial charge on any atom is -0.317 e. The van der Waals surface area contributed by atoms with Crippen LogP contribution in [0.2, 0.25) is 0 Å². The molecule has 2 rings (SSSR count). The molecule has 2 nitrogen and oxygen atoms in total. The maximum absolute atomic E-state index is 13.8. The number of nitriles is 1. The summed E-state index contributed by atoms with van der Waals surface area (Å²) in [5, 5.41) is 12.5. The molecule has 1 saturated heterocycles. The van der Waals surface area contributed by atoms with Gasteiger partial charge in [0.25, 0.3) is 0 Å². The Morgan fingerprint density at radius 2 is 1.83 bits per heavy atom. The SMILES string of the molecule is Cc1cc(F)c(CC2(C#N)CCNCC2)c(F)c1. The number of aryl methyl sites for hydroxylation is 1. The van der Waals surface area contributed by atoms with Crippen LogP contribution in [0.3, 0.4) is 0 Å². The van der Waals surface area contributed by atoms with Crippen molar-refractivity contribution in [2.45, 2.75) is 26.2 Å². The number of hydrogen-bond donors (Lipinski definition) is 1. The van der Waals surface area contributed by atoms with Crippen molar-refractivity contribution < 1.29 is 8.78 Å². The largest absolute Gasteiger partial charge is 0.317 e. The lowest BCUT2D eigenvalue weighted by atomic mass is 9.75. The van der Waals surface area contributed by atoms with Crippen LogP contribution in [-0.2, 0) is 6.42 Å². The predicted octanol–water partition coefficient (Wildman–Crippen LogP) is 2.71. The summed E-state index contributed by atoms with van der Waals surface area (Å²) in [7, 11) is 0. The zero-order chi connectivity index (χ0) is 13.2. The van der Waals surface area contributed by atoms with Crippen LogP contribution in [0.1, 0.15) is 24.0 Å². The molecule has 18 heavy (non-hydrogen) atoms. The van der Waals surface area contributed by atoms with Gasteiger partial charge in [-0.15, -0.1) is 0 Å². The summed E-state index contributed by atoms with van der Waals surface area (Å²) in [6, 6.07) is 4.91. The van der Waals surface area contributed by atoms with Gasteiger partial charge in [-0.2, -0.15) is 5.26 Å². The highest BCUT2D eigenvalue weighted by molar-refractivity contribution is 5.28. The molecule has 1 aromatic rings. The van der Waals surface area contributed by atoms with Crippen molar-refractivity contribution in [3.05, 3.63) is 34.9 Å². The summed E-state index contributed by atoms with van der Waals surface area (Å²) in [6.45, 7) is 3.10. The van der Waals surface area contributed by atoms with Crippen molar-refractivity contribution in [2.75, 3.05) is 13.1 Å². The Balaban J connectivity index is 2.30. The molecule has 0 aromatic heterocycles. The van der Waals surface area contributed by atoms with E-state index < -0.39 is 17.0 Å². The first-order valence-electron chi connectivity index (χ1n) is 6.13. The van der Waals surface area contributed by atoms with E-state index in [2.05, 4.69) is 11.4 Å². The monoisotopic (exact) mass is 250 g/mol. The Morgan fingerprint density at radius 3 is 2.33 bits per heavy atom. The lowest BCUT2D eigenvalue weighted by Crippen LogP contribution is -2.37. The summed E-state index contributed by atoms with van der Waals surface area (Å²) in [5.41, 5.74) is -0.0311. The van der Waals surface area contributed by atoms with Gasteiger partial charge in [0.05, 0.1) is 11.5 Å². The molecule has 1 aliphatic rings. The third-order valence-corrected chi connectivity index (χ3v) is 3.60. The fraction of sp³-hybridized carbons (Fsp3) is 0.500. The van der Waals surface area contributed by atoms with Crippen molar-refractivity contribution >= 4 is 0 Å². The van der Waals surface area contributed by atoms with Gasteiger partial charge in [-0.05, 0) is 57.0 Å². The minimum absolute atomic E-state index is 0.0454. The highest BCUT2D eigenvalue weighted by Crippen LogP contribution is 2.34. The molecule has 4 heteroatoms. The Labute approximate surface area is 106 Å². The van der Waals surface area contributed by atoms with Crippen LogP contribution in [0.25, 0.3) is 0 Å². The molecule has 0 unspecified atom stereocenters. The van der Waals surface area contributed by atoms with E-state index in [-0.39, 0.29) is 12.0 Å². The number of rotatable bonds is 2. The molecule has 0 amide bonds. The van der Waals surface area contributed by atoms with E-state index in [1.807, 2.05) is 0 Å². The molecule has 1 N–H and O–H groups in total. The average Bonchev–Trinajstić information content (AvgIpc) is 2.35. The number of hydrogen-bond acceptors (Lipinski definition) is 2. The van der Waals surface area contributed by atoms with E-state index in [1.54, 1.807) is 6.92 Å². The smallest absolute Gasteiger partial charge is 0.129 e. The van der Waals surface area contributed by atoms with E-state index in [1.165, 1.54) is 12.1 Å². The number of piperidine rings is 1. The molecule has 0 saturated carbocycles. The number of nitrogens with one attached hydrogen (secondary N) is 1. The van der Waals surface area contributed by atoms with Crippen LogP contribution >= 0.6 is 0 Å². The zero-order valence-electron chi connectivity index (χ0n) is 10.4. The van der Waals surface area contributed by atoms with Gasteiger partial charge in [-0.1, -0.05) is 0 Å². The molecule has 1 aromatic carbocycles. The second-order valence-corrected chi connectivity index (χ2v) is 5.03. The average molecular weight is 250 g/mol. The lowest BCUT2D eigenvalue weighted by molar-refractivity contribution is 0.274. The van der Waals surface area contributed by atoms with Gasteiger partial charge >= 0.3 is 0 Å². The first-order chi connectivity index (χ1) is 8.56. The van der Waals surface area contributed by atoms with Crippen LogP contribution < -0.4 is 5.32 Å². The highest BCUT2D eigenvalue weighted by Gasteiger charge is 2.34. The Bertz CT molecular complexity index is 462. The molecule has 0 spiro atoms. The fourth-order valence-corrected chi connectivity index (χ4v) is 2.47. The minimum atomic E-state index is -0.637. The summed E-state index contributed by atoms with van der Waals surface area (Å²) in [5.74, 6) is -1.08. The van der Waals surface area contributed by atoms with Gasteiger partial charge in [0.1, 0.15) is 11.6 Å². The summed E-state index contributed by atoms with van der Waals surface area (Å²) in [6.07, 6.45) is 1.43. The molecular formula is C14H16F2N2. The lowest BCUT2D eigenvalue weighted by Gasteiger charge is -2.31. The molecule has 0 bridgehead atoms. The van der Waals surface area contributed by atoms with Crippen LogP contribution in [0.15, 0.2) is 12.1 Å². The van der Waals surface area contributed by atoms with Crippen molar-refractivity contribution in [1.82, 2.24) is 5.32 Å². The topological polar surface area (TPSA) is 35.8 Å². The van der Waals surface area contributed by atoms with Crippen LogP contribution in [0.5, 0.6) is 0 Å². The Hall–Kier alpha value is -1.47. The van der Waals surface area contributed by atoms with Gasteiger partial charge in [-0.3, -0.25) is 0 Å². The van der Waals surface area contributed by atoms with Crippen LogP contribution in [0, 0.1) is 35.3 Å². The molecule has 0 radical (unpaired) electrons. The standard InChI is InChI=1S/C14H16F2N2/c1-10-6-12(15)11(13(16)7-10)8-14(9-17)2-4-18-5-3-14/h6-7,18H,2-5,8H2,1H3. The van der Waals surface area contributed by atoms with Gasteiger partial charge < -0.3 is 5.32 Å². The van der Waals surface area contributed by atoms with E-state index in [9.17, 15) is 14.0 Å². The number of halogens is 2. The highest BCUT2D eigenvalue weighted by atomic mass is 19.1. The van der Waals surface area contributed by atoms with Gasteiger partial charge in [-0.25, -0.2) is 8.78 Å². The molecule has 0 atom stereocenters. The number of benzene rings is 1. The summed E-state index contributed by atoms with van der Waals surface area (Å²) >= 11 is 0. The number of nitrogens with zero attached hydrogens (tertiary/aromatic N) is 1. The predicted molar refractivity (Wildman–Crippen MR) is 64.9 cm³/mol. The second-order valence-electron chi connectivity index (χ2n) is 5.03. The van der Waals surface area contributed by atoms with Gasteiger partial charge in [0.2, 0.25) is 0 Å². The van der Waals surface area contributed by atoms with Crippen molar-refractivity contribution in [1.29, 1.82) is 5.26 Å². The van der Waals surface area contributed by atoms with E-state index in [0.717, 1.165) is 13.1 Å². The normalized spacial score (nSPS) is 18.3. The third-order valence-electron chi connectivity index (χ3n) is 3.60. The second kappa shape index (κ2) is 5.03. The zero-order valence-corrected chi connectivity index (χ0v) is 10.4. The molecular weight excluding hydrogens is 234 g/mol. The van der Waals surface area contributed by atoms with Crippen molar-refractivity contribution in [3.63, 3.8) is 0 Å². The van der Waals surface area contributed by atoms with E-state index in [4.69, 9.17) is 0 Å². The molecule has 1 fully saturated rings. The molecule has 96 valence electrons. The molecule has 1 aliphatic heterocycles. The maximum Gasteiger partial charge on any atom is 0.129 e. The van der Waals surface area contributed by atoms with Gasteiger partial charge in [0, 0.05) is 5.56 Å². The quantitative estimate of drug-likeness (QED) is 0.876. The Morgan fingerprint density at radius 1 is 1.28 bits per heavy atom. The summed E-state index contributed by atoms with van der Waals surface area (Å²) < 4.78 is 27.6. The van der Waals surface area contributed by atoms with Crippen LogP contribution in [0.4, 0.5) is 8.78 Å². The third kappa shape index (κ3) is 2.51. The first kappa shape index (κ1) is 13.0. The van der Waals surface area contributed by atoms with E-state index >= 15 is 0 Å². The van der Waals surface area contributed by atoms with Crippen LogP contribution in [-0.4, -0.2) is 13.1 Å². The van der Waals surface area contributed by atoms with Crippen molar-refractivity contribution in [3.8, 4) is 6.07 Å². The Kier molecular flexibility index (Phi) is 3.63.